The highest BCUT2D eigenvalue weighted by molar-refractivity contribution is 7.12. The molecule has 0 fully saturated rings. The molecule has 0 saturated heterocycles. The number of carbonyl (C=O) groups is 1. The lowest BCUT2D eigenvalue weighted by Gasteiger charge is -1.97. The van der Waals surface area contributed by atoms with Crippen molar-refractivity contribution in [2.45, 2.75) is 6.92 Å². The highest BCUT2D eigenvalue weighted by atomic mass is 32.1. The summed E-state index contributed by atoms with van der Waals surface area (Å²) < 4.78 is 0. The maximum Gasteiger partial charge on any atom is 0.281 e. The molecule has 1 N–H and O–H groups in total. The highest BCUT2D eigenvalue weighted by Gasteiger charge is 2.03. The monoisotopic (exact) mass is 270 g/mol. The Morgan fingerprint density at radius 2 is 2.00 bits per heavy atom. The van der Waals surface area contributed by atoms with Gasteiger partial charge in [-0.15, -0.1) is 11.3 Å². The molecule has 1 aromatic heterocycles. The van der Waals surface area contributed by atoms with E-state index in [9.17, 15) is 4.79 Å². The van der Waals surface area contributed by atoms with E-state index >= 15 is 0 Å². The van der Waals surface area contributed by atoms with E-state index in [-0.39, 0.29) is 5.91 Å². The van der Waals surface area contributed by atoms with Crippen LogP contribution in [0.15, 0.2) is 59.0 Å². The SMILES string of the molecule is CC(/C=C/c1ccccc1)=NNC(=O)c1cccs1. The van der Waals surface area contributed by atoms with E-state index in [2.05, 4.69) is 10.5 Å². The van der Waals surface area contributed by atoms with Gasteiger partial charge in [0, 0.05) is 0 Å². The van der Waals surface area contributed by atoms with Crippen LogP contribution in [0, 0.1) is 0 Å². The quantitative estimate of drug-likeness (QED) is 0.669. The lowest BCUT2D eigenvalue weighted by Crippen LogP contribution is -2.17. The molecule has 0 saturated carbocycles. The number of hydrazone groups is 1. The Bertz CT molecular complexity index is 586. The van der Waals surface area contributed by atoms with Gasteiger partial charge in [0.1, 0.15) is 0 Å². The summed E-state index contributed by atoms with van der Waals surface area (Å²) in [6.45, 7) is 1.84. The molecule has 1 amide bonds. The minimum Gasteiger partial charge on any atom is -0.266 e. The van der Waals surface area contributed by atoms with Gasteiger partial charge in [-0.25, -0.2) is 5.43 Å². The maximum absolute atomic E-state index is 11.7. The zero-order chi connectivity index (χ0) is 13.5. The van der Waals surface area contributed by atoms with E-state index in [1.54, 1.807) is 6.07 Å². The van der Waals surface area contributed by atoms with Crippen LogP contribution in [0.1, 0.15) is 22.2 Å². The molecule has 19 heavy (non-hydrogen) atoms. The first-order valence-electron chi connectivity index (χ1n) is 5.87. The lowest BCUT2D eigenvalue weighted by atomic mass is 10.2. The molecular weight excluding hydrogens is 256 g/mol. The number of nitrogens with one attached hydrogen (secondary N) is 1. The van der Waals surface area contributed by atoms with E-state index in [0.717, 1.165) is 11.3 Å². The molecule has 0 aliphatic rings. The second kappa shape index (κ2) is 6.66. The number of hydrogen-bond donors (Lipinski definition) is 1. The van der Waals surface area contributed by atoms with Gasteiger partial charge in [-0.3, -0.25) is 4.79 Å². The van der Waals surface area contributed by atoms with E-state index < -0.39 is 0 Å². The molecule has 96 valence electrons. The zero-order valence-electron chi connectivity index (χ0n) is 10.5. The van der Waals surface area contributed by atoms with Gasteiger partial charge in [-0.05, 0) is 30.0 Å². The number of rotatable bonds is 4. The van der Waals surface area contributed by atoms with Gasteiger partial charge in [0.25, 0.3) is 5.91 Å². The Morgan fingerprint density at radius 3 is 2.68 bits per heavy atom. The van der Waals surface area contributed by atoms with Crippen molar-refractivity contribution in [3.05, 3.63) is 64.4 Å². The third-order valence-electron chi connectivity index (χ3n) is 2.40. The summed E-state index contributed by atoms with van der Waals surface area (Å²) in [5, 5.41) is 5.89. The van der Waals surface area contributed by atoms with Gasteiger partial charge in [0.2, 0.25) is 0 Å². The number of carbonyl (C=O) groups excluding carboxylic acids is 1. The summed E-state index contributed by atoms with van der Waals surface area (Å²) in [6.07, 6.45) is 3.82. The molecule has 0 atom stereocenters. The van der Waals surface area contributed by atoms with Crippen molar-refractivity contribution >= 4 is 29.0 Å². The first-order chi connectivity index (χ1) is 9.25. The Labute approximate surface area is 116 Å². The van der Waals surface area contributed by atoms with Crippen LogP contribution in [0.2, 0.25) is 0 Å². The molecule has 1 heterocycles. The number of benzene rings is 1. The van der Waals surface area contributed by atoms with Crippen LogP contribution in [0.4, 0.5) is 0 Å². The Kier molecular flexibility index (Phi) is 4.64. The normalized spacial score (nSPS) is 11.7. The van der Waals surface area contributed by atoms with Crippen LogP contribution < -0.4 is 5.43 Å². The summed E-state index contributed by atoms with van der Waals surface area (Å²) in [5.74, 6) is -0.178. The summed E-state index contributed by atoms with van der Waals surface area (Å²) in [5.41, 5.74) is 4.37. The lowest BCUT2D eigenvalue weighted by molar-refractivity contribution is 0.0959. The van der Waals surface area contributed by atoms with E-state index in [4.69, 9.17) is 0 Å². The largest absolute Gasteiger partial charge is 0.281 e. The Hall–Kier alpha value is -2.20. The minimum atomic E-state index is -0.178. The number of hydrogen-bond acceptors (Lipinski definition) is 3. The van der Waals surface area contributed by atoms with Crippen LogP contribution in [0.25, 0.3) is 6.08 Å². The summed E-state index contributed by atoms with van der Waals surface area (Å²) in [4.78, 5) is 12.3. The molecule has 0 spiro atoms. The second-order valence-corrected chi connectivity index (χ2v) is 4.86. The molecule has 0 unspecified atom stereocenters. The first kappa shape index (κ1) is 13.2. The Balaban J connectivity index is 1.93. The standard InChI is InChI=1S/C15H14N2OS/c1-12(9-10-13-6-3-2-4-7-13)16-17-15(18)14-8-5-11-19-14/h2-11H,1H3,(H,17,18)/b10-9+,16-12?. The first-order valence-corrected chi connectivity index (χ1v) is 6.75. The molecule has 4 heteroatoms. The van der Waals surface area contributed by atoms with E-state index in [1.807, 2.05) is 60.9 Å². The third-order valence-corrected chi connectivity index (χ3v) is 3.26. The predicted molar refractivity (Wildman–Crippen MR) is 80.4 cm³/mol. The summed E-state index contributed by atoms with van der Waals surface area (Å²) in [7, 11) is 0. The average Bonchev–Trinajstić information content (AvgIpc) is 2.98. The van der Waals surface area contributed by atoms with Gasteiger partial charge in [-0.1, -0.05) is 42.5 Å². The number of allylic oxidation sites excluding steroid dienone is 1. The van der Waals surface area contributed by atoms with Crippen LogP contribution >= 0.6 is 11.3 Å². The third kappa shape index (κ3) is 4.19. The van der Waals surface area contributed by atoms with Crippen LogP contribution in [-0.2, 0) is 0 Å². The maximum atomic E-state index is 11.7. The fourth-order valence-electron chi connectivity index (χ4n) is 1.42. The van der Waals surface area contributed by atoms with Gasteiger partial charge in [-0.2, -0.15) is 5.10 Å². The van der Waals surface area contributed by atoms with Crippen LogP contribution in [0.5, 0.6) is 0 Å². The Morgan fingerprint density at radius 1 is 1.21 bits per heavy atom. The molecule has 0 bridgehead atoms. The van der Waals surface area contributed by atoms with Crippen molar-refractivity contribution in [2.24, 2.45) is 5.10 Å². The van der Waals surface area contributed by atoms with Crippen molar-refractivity contribution in [1.29, 1.82) is 0 Å². The summed E-state index contributed by atoms with van der Waals surface area (Å²) >= 11 is 1.39. The van der Waals surface area contributed by atoms with Gasteiger partial charge in [0.15, 0.2) is 0 Å². The van der Waals surface area contributed by atoms with Gasteiger partial charge >= 0.3 is 0 Å². The van der Waals surface area contributed by atoms with Crippen LogP contribution in [-0.4, -0.2) is 11.6 Å². The molecular formula is C15H14N2OS. The number of thiophene rings is 1. The fourth-order valence-corrected chi connectivity index (χ4v) is 2.03. The molecule has 2 rings (SSSR count). The number of amides is 1. The van der Waals surface area contributed by atoms with Gasteiger partial charge in [0.05, 0.1) is 10.6 Å². The van der Waals surface area contributed by atoms with Crippen molar-refractivity contribution < 1.29 is 4.79 Å². The molecule has 0 aliphatic heterocycles. The van der Waals surface area contributed by atoms with Crippen molar-refractivity contribution in [3.63, 3.8) is 0 Å². The van der Waals surface area contributed by atoms with Crippen molar-refractivity contribution in [1.82, 2.24) is 5.43 Å². The molecule has 2 aromatic rings. The topological polar surface area (TPSA) is 41.5 Å². The number of nitrogens with zero attached hydrogens (tertiary/aromatic N) is 1. The van der Waals surface area contributed by atoms with E-state index in [1.165, 1.54) is 11.3 Å². The predicted octanol–water partition coefficient (Wildman–Crippen LogP) is 3.57. The minimum absolute atomic E-state index is 0.178. The molecule has 0 radical (unpaired) electrons. The second-order valence-electron chi connectivity index (χ2n) is 3.92. The van der Waals surface area contributed by atoms with Crippen molar-refractivity contribution in [3.8, 4) is 0 Å². The molecule has 3 nitrogen and oxygen atoms in total. The van der Waals surface area contributed by atoms with Crippen LogP contribution in [0.3, 0.4) is 0 Å². The van der Waals surface area contributed by atoms with Crippen molar-refractivity contribution in [2.75, 3.05) is 0 Å². The molecule has 1 aromatic carbocycles. The van der Waals surface area contributed by atoms with E-state index in [0.29, 0.717) is 4.88 Å². The smallest absolute Gasteiger partial charge is 0.266 e. The fraction of sp³-hybridized carbons (Fsp3) is 0.0667. The summed E-state index contributed by atoms with van der Waals surface area (Å²) in [6, 6.07) is 13.5. The van der Waals surface area contributed by atoms with Gasteiger partial charge < -0.3 is 0 Å². The average molecular weight is 270 g/mol. The highest BCUT2D eigenvalue weighted by Crippen LogP contribution is 2.07. The molecule has 0 aliphatic carbocycles. The zero-order valence-corrected chi connectivity index (χ0v) is 11.4.